The van der Waals surface area contributed by atoms with Crippen LogP contribution in [-0.2, 0) is 7.05 Å². The first-order valence-corrected chi connectivity index (χ1v) is 4.96. The largest absolute Gasteiger partial charge is 0.366 e. The average Bonchev–Trinajstić information content (AvgIpc) is 2.85. The number of rotatable bonds is 1. The summed E-state index contributed by atoms with van der Waals surface area (Å²) < 4.78 is 15.3. The lowest BCUT2D eigenvalue weighted by atomic mass is 10.3. The molecule has 0 saturated carbocycles. The van der Waals surface area contributed by atoms with E-state index in [0.717, 1.165) is 0 Å². The van der Waals surface area contributed by atoms with Crippen LogP contribution in [0.5, 0.6) is 0 Å². The molecule has 2 aromatic heterocycles. The lowest BCUT2D eigenvalue weighted by Crippen LogP contribution is -1.94. The first-order chi connectivity index (χ1) is 8.16. The van der Waals surface area contributed by atoms with Gasteiger partial charge in [0.25, 0.3) is 0 Å². The zero-order valence-electron chi connectivity index (χ0n) is 8.98. The third-order valence-corrected chi connectivity index (χ3v) is 2.58. The second-order valence-electron chi connectivity index (χ2n) is 3.64. The molecule has 0 bridgehead atoms. The predicted molar refractivity (Wildman–Crippen MR) is 60.5 cm³/mol. The number of benzene rings is 1. The predicted octanol–water partition coefficient (Wildman–Crippen LogP) is 1.08. The zero-order chi connectivity index (χ0) is 12.0. The normalized spacial score (nSPS) is 11.2. The highest BCUT2D eigenvalue weighted by molar-refractivity contribution is 5.80. The van der Waals surface area contributed by atoms with Crippen LogP contribution in [0.3, 0.4) is 0 Å². The number of nitrogens with two attached hydrogens (primary N) is 1. The van der Waals surface area contributed by atoms with Gasteiger partial charge in [-0.3, -0.25) is 5.10 Å². The molecule has 3 aromatic rings. The Hall–Kier alpha value is -2.44. The fourth-order valence-corrected chi connectivity index (χ4v) is 1.77. The van der Waals surface area contributed by atoms with Gasteiger partial charge in [-0.05, 0) is 12.1 Å². The summed E-state index contributed by atoms with van der Waals surface area (Å²) in [5.74, 6) is 0.680. The molecular weight excluding hydrogens is 223 g/mol. The van der Waals surface area contributed by atoms with Crippen LogP contribution in [0.15, 0.2) is 18.2 Å². The number of aromatic nitrogens is 5. The molecule has 0 atom stereocenters. The maximum Gasteiger partial charge on any atom is 0.239 e. The highest BCUT2D eigenvalue weighted by atomic mass is 19.1. The van der Waals surface area contributed by atoms with Crippen LogP contribution in [0.2, 0.25) is 0 Å². The van der Waals surface area contributed by atoms with Crippen molar-refractivity contribution in [2.45, 2.75) is 0 Å². The Balaban J connectivity index is 2.31. The number of aryl methyl sites for hydroxylation is 1. The first kappa shape index (κ1) is 9.76. The third-order valence-electron chi connectivity index (χ3n) is 2.58. The quantitative estimate of drug-likeness (QED) is 0.657. The average molecular weight is 232 g/mol. The molecule has 17 heavy (non-hydrogen) atoms. The van der Waals surface area contributed by atoms with Crippen molar-refractivity contribution in [1.82, 2.24) is 24.7 Å². The van der Waals surface area contributed by atoms with Gasteiger partial charge < -0.3 is 10.3 Å². The topological polar surface area (TPSA) is 85.4 Å². The highest BCUT2D eigenvalue weighted by Gasteiger charge is 2.15. The van der Waals surface area contributed by atoms with Gasteiger partial charge in [-0.1, -0.05) is 6.07 Å². The second kappa shape index (κ2) is 3.27. The Bertz CT molecular complexity index is 698. The molecule has 0 amide bonds. The van der Waals surface area contributed by atoms with E-state index in [2.05, 4.69) is 20.2 Å². The maximum absolute atomic E-state index is 13.6. The fraction of sp³-hybridized carbons (Fsp3) is 0.100. The van der Waals surface area contributed by atoms with Gasteiger partial charge in [0.05, 0.1) is 5.52 Å². The number of halogens is 1. The van der Waals surface area contributed by atoms with E-state index >= 15 is 0 Å². The van der Waals surface area contributed by atoms with Gasteiger partial charge in [0.15, 0.2) is 17.5 Å². The van der Waals surface area contributed by atoms with Crippen LogP contribution in [-0.4, -0.2) is 24.7 Å². The molecule has 0 aliphatic rings. The smallest absolute Gasteiger partial charge is 0.239 e. The molecule has 3 N–H and O–H groups in total. The van der Waals surface area contributed by atoms with Crippen molar-refractivity contribution in [2.24, 2.45) is 7.05 Å². The molecule has 0 radical (unpaired) electrons. The summed E-state index contributed by atoms with van der Waals surface area (Å²) >= 11 is 0. The molecular formula is C10H9FN6. The van der Waals surface area contributed by atoms with E-state index in [1.54, 1.807) is 23.7 Å². The summed E-state index contributed by atoms with van der Waals surface area (Å²) in [4.78, 5) is 8.17. The van der Waals surface area contributed by atoms with Crippen LogP contribution in [0.1, 0.15) is 0 Å². The molecule has 86 valence electrons. The number of fused-ring (bicyclic) bond motifs is 1. The minimum absolute atomic E-state index is 0.132. The molecule has 0 aliphatic carbocycles. The van der Waals surface area contributed by atoms with Crippen molar-refractivity contribution in [1.29, 1.82) is 0 Å². The lowest BCUT2D eigenvalue weighted by molar-refractivity contribution is 0.637. The molecule has 0 spiro atoms. The molecule has 7 heteroatoms. The standard InChI is InChI=1S/C10H9FN6/c1-17-6-4-2-3-5(11)7(6)13-9(17)8-14-10(12)16-15-8/h2-4H,1H3,(H3,12,14,15,16). The van der Waals surface area contributed by atoms with Gasteiger partial charge in [0.2, 0.25) is 5.95 Å². The van der Waals surface area contributed by atoms with E-state index in [4.69, 9.17) is 5.73 Å². The van der Waals surface area contributed by atoms with Crippen molar-refractivity contribution in [3.63, 3.8) is 0 Å². The number of hydrogen-bond donors (Lipinski definition) is 2. The number of para-hydroxylation sites is 1. The number of nitrogens with zero attached hydrogens (tertiary/aromatic N) is 4. The van der Waals surface area contributed by atoms with Crippen LogP contribution >= 0.6 is 0 Å². The molecule has 0 aliphatic heterocycles. The van der Waals surface area contributed by atoms with Crippen molar-refractivity contribution in [2.75, 3.05) is 5.73 Å². The van der Waals surface area contributed by atoms with Gasteiger partial charge in [0, 0.05) is 7.05 Å². The van der Waals surface area contributed by atoms with Crippen molar-refractivity contribution >= 4 is 17.0 Å². The summed E-state index contributed by atoms with van der Waals surface area (Å²) in [6.07, 6.45) is 0. The number of imidazole rings is 1. The van der Waals surface area contributed by atoms with Gasteiger partial charge in [-0.2, -0.15) is 4.98 Å². The van der Waals surface area contributed by atoms with Crippen molar-refractivity contribution < 1.29 is 4.39 Å². The zero-order valence-corrected chi connectivity index (χ0v) is 8.98. The Morgan fingerprint density at radius 2 is 2.18 bits per heavy atom. The fourth-order valence-electron chi connectivity index (χ4n) is 1.77. The number of hydrogen-bond acceptors (Lipinski definition) is 4. The molecule has 6 nitrogen and oxygen atoms in total. The Morgan fingerprint density at radius 3 is 2.82 bits per heavy atom. The number of H-pyrrole nitrogens is 1. The van der Waals surface area contributed by atoms with E-state index in [9.17, 15) is 4.39 Å². The van der Waals surface area contributed by atoms with E-state index in [1.807, 2.05) is 0 Å². The summed E-state index contributed by atoms with van der Waals surface area (Å²) in [6.45, 7) is 0. The van der Waals surface area contributed by atoms with Crippen LogP contribution in [0.4, 0.5) is 10.3 Å². The van der Waals surface area contributed by atoms with Gasteiger partial charge >= 0.3 is 0 Å². The van der Waals surface area contributed by atoms with Gasteiger partial charge in [-0.25, -0.2) is 9.37 Å². The summed E-state index contributed by atoms with van der Waals surface area (Å²) in [7, 11) is 1.78. The SMILES string of the molecule is Cn1c(-c2nc(N)n[nH]2)nc2c(F)cccc21. The number of nitrogen functional groups attached to an aromatic ring is 1. The number of aromatic amines is 1. The Labute approximate surface area is 95.3 Å². The molecule has 0 unspecified atom stereocenters. The van der Waals surface area contributed by atoms with E-state index < -0.39 is 0 Å². The lowest BCUT2D eigenvalue weighted by Gasteiger charge is -1.97. The maximum atomic E-state index is 13.6. The molecule has 2 heterocycles. The van der Waals surface area contributed by atoms with Gasteiger partial charge in [0.1, 0.15) is 5.52 Å². The highest BCUT2D eigenvalue weighted by Crippen LogP contribution is 2.22. The Morgan fingerprint density at radius 1 is 1.35 bits per heavy atom. The van der Waals surface area contributed by atoms with Gasteiger partial charge in [-0.15, -0.1) is 5.10 Å². The van der Waals surface area contributed by atoms with Crippen LogP contribution in [0, 0.1) is 5.82 Å². The molecule has 1 aromatic carbocycles. The third kappa shape index (κ3) is 1.36. The van der Waals surface area contributed by atoms with Crippen LogP contribution in [0.25, 0.3) is 22.7 Å². The summed E-state index contributed by atoms with van der Waals surface area (Å²) in [5.41, 5.74) is 6.42. The van der Waals surface area contributed by atoms with E-state index in [1.165, 1.54) is 6.07 Å². The van der Waals surface area contributed by atoms with Crippen molar-refractivity contribution in [3.8, 4) is 11.6 Å². The van der Waals surface area contributed by atoms with Crippen LogP contribution < -0.4 is 5.73 Å². The second-order valence-corrected chi connectivity index (χ2v) is 3.64. The molecule has 3 rings (SSSR count). The summed E-state index contributed by atoms with van der Waals surface area (Å²) in [6, 6.07) is 4.79. The minimum Gasteiger partial charge on any atom is -0.366 e. The monoisotopic (exact) mass is 232 g/mol. The molecule has 0 saturated heterocycles. The van der Waals surface area contributed by atoms with Crippen molar-refractivity contribution in [3.05, 3.63) is 24.0 Å². The number of anilines is 1. The molecule has 0 fully saturated rings. The minimum atomic E-state index is -0.364. The first-order valence-electron chi connectivity index (χ1n) is 4.96. The Kier molecular flexibility index (Phi) is 1.88. The summed E-state index contributed by atoms with van der Waals surface area (Å²) in [5, 5.41) is 6.37. The van der Waals surface area contributed by atoms with E-state index in [-0.39, 0.29) is 11.8 Å². The number of nitrogens with one attached hydrogen (secondary N) is 1. The van der Waals surface area contributed by atoms with E-state index in [0.29, 0.717) is 22.7 Å².